The molecule has 6 heteroatoms. The third kappa shape index (κ3) is 3.91. The third-order valence-corrected chi connectivity index (χ3v) is 5.11. The van der Waals surface area contributed by atoms with Gasteiger partial charge in [0.2, 0.25) is 0 Å². The molecule has 0 radical (unpaired) electrons. The molecule has 1 saturated heterocycles. The van der Waals surface area contributed by atoms with Crippen LogP contribution in [0, 0.1) is 6.92 Å². The van der Waals surface area contributed by atoms with Gasteiger partial charge >= 0.3 is 6.18 Å². The van der Waals surface area contributed by atoms with Crippen LogP contribution in [0.15, 0.2) is 48.5 Å². The van der Waals surface area contributed by atoms with Gasteiger partial charge in [-0.25, -0.2) is 0 Å². The quantitative estimate of drug-likeness (QED) is 0.618. The molecule has 2 aromatic carbocycles. The van der Waals surface area contributed by atoms with Crippen LogP contribution in [0.3, 0.4) is 0 Å². The van der Waals surface area contributed by atoms with E-state index in [2.05, 4.69) is 27.3 Å². The third-order valence-electron chi connectivity index (χ3n) is 5.11. The summed E-state index contributed by atoms with van der Waals surface area (Å²) in [6.45, 7) is 4.56. The fourth-order valence-electron chi connectivity index (χ4n) is 3.72. The van der Waals surface area contributed by atoms with Crippen LogP contribution in [0.5, 0.6) is 0 Å². The van der Waals surface area contributed by atoms with Gasteiger partial charge in [-0.2, -0.15) is 13.2 Å². The summed E-state index contributed by atoms with van der Waals surface area (Å²) in [6.07, 6.45) is -1.92. The summed E-state index contributed by atoms with van der Waals surface area (Å²) in [6, 6.07) is 13.5. The van der Waals surface area contributed by atoms with Gasteiger partial charge in [0.25, 0.3) is 0 Å². The molecule has 1 fully saturated rings. The van der Waals surface area contributed by atoms with Crippen LogP contribution >= 0.6 is 0 Å². The summed E-state index contributed by atoms with van der Waals surface area (Å²) >= 11 is 0. The number of alkyl halides is 3. The topological polar surface area (TPSA) is 28.2 Å². The fourth-order valence-corrected chi connectivity index (χ4v) is 3.72. The normalized spacial score (nSPS) is 14.6. The van der Waals surface area contributed by atoms with Crippen LogP contribution in [-0.2, 0) is 12.7 Å². The van der Waals surface area contributed by atoms with Crippen LogP contribution in [0.1, 0.15) is 29.7 Å². The minimum Gasteiger partial charge on any atom is -0.381 e. The van der Waals surface area contributed by atoms with Gasteiger partial charge in [0, 0.05) is 42.1 Å². The highest BCUT2D eigenvalue weighted by Gasteiger charge is 2.30. The van der Waals surface area contributed by atoms with Crippen molar-refractivity contribution in [3.63, 3.8) is 0 Å². The van der Waals surface area contributed by atoms with E-state index in [0.29, 0.717) is 12.2 Å². The van der Waals surface area contributed by atoms with Crippen LogP contribution < -0.4 is 10.2 Å². The number of hydrogen-bond acceptors (Lipinski definition) is 3. The number of hydrogen-bond donors (Lipinski definition) is 1. The van der Waals surface area contributed by atoms with E-state index in [1.807, 2.05) is 19.1 Å². The van der Waals surface area contributed by atoms with Crippen molar-refractivity contribution in [2.45, 2.75) is 32.5 Å². The maximum Gasteiger partial charge on any atom is 0.416 e. The van der Waals surface area contributed by atoms with Gasteiger partial charge in [-0.05, 0) is 55.7 Å². The predicted molar refractivity (Wildman–Crippen MR) is 107 cm³/mol. The van der Waals surface area contributed by atoms with Crippen LogP contribution in [0.2, 0.25) is 0 Å². The lowest BCUT2D eigenvalue weighted by atomic mass is 10.1. The van der Waals surface area contributed by atoms with Gasteiger partial charge in [-0.3, -0.25) is 4.98 Å². The van der Waals surface area contributed by atoms with Crippen molar-refractivity contribution in [3.8, 4) is 0 Å². The summed E-state index contributed by atoms with van der Waals surface area (Å²) in [5.41, 5.74) is 3.89. The van der Waals surface area contributed by atoms with E-state index in [4.69, 9.17) is 0 Å². The monoisotopic (exact) mass is 385 g/mol. The Balaban J connectivity index is 1.57. The average Bonchev–Trinajstić information content (AvgIpc) is 3.19. The second-order valence-corrected chi connectivity index (χ2v) is 7.26. The molecule has 146 valence electrons. The summed E-state index contributed by atoms with van der Waals surface area (Å²) in [5.74, 6) is 0. The Bertz CT molecular complexity index is 992. The molecule has 0 atom stereocenters. The first kappa shape index (κ1) is 18.6. The Morgan fingerprint density at radius 1 is 1.04 bits per heavy atom. The van der Waals surface area contributed by atoms with Gasteiger partial charge in [-0.15, -0.1) is 0 Å². The lowest BCUT2D eigenvalue weighted by Crippen LogP contribution is -2.18. The van der Waals surface area contributed by atoms with Crippen molar-refractivity contribution >= 4 is 22.3 Å². The summed E-state index contributed by atoms with van der Waals surface area (Å²) < 4.78 is 38.6. The second kappa shape index (κ2) is 7.34. The molecule has 28 heavy (non-hydrogen) atoms. The summed E-state index contributed by atoms with van der Waals surface area (Å²) in [5, 5.41) is 4.20. The SMILES string of the molecule is Cc1cc(N2CCCC2)c2ccc(CNc3cccc(C(F)(F)F)c3)cc2n1. The number of halogens is 3. The van der Waals surface area contributed by atoms with Crippen molar-refractivity contribution in [1.29, 1.82) is 0 Å². The second-order valence-electron chi connectivity index (χ2n) is 7.26. The molecule has 3 nitrogen and oxygen atoms in total. The van der Waals surface area contributed by atoms with E-state index in [1.54, 1.807) is 6.07 Å². The zero-order valence-electron chi connectivity index (χ0n) is 15.7. The van der Waals surface area contributed by atoms with E-state index in [0.717, 1.165) is 47.4 Å². The van der Waals surface area contributed by atoms with E-state index in [9.17, 15) is 13.2 Å². The van der Waals surface area contributed by atoms with Crippen molar-refractivity contribution in [2.75, 3.05) is 23.3 Å². The molecule has 4 rings (SSSR count). The number of anilines is 2. The van der Waals surface area contributed by atoms with Gasteiger partial charge in [0.1, 0.15) is 0 Å². The number of fused-ring (bicyclic) bond motifs is 1. The van der Waals surface area contributed by atoms with Crippen LogP contribution in [0.4, 0.5) is 24.5 Å². The van der Waals surface area contributed by atoms with Gasteiger partial charge < -0.3 is 10.2 Å². The molecule has 0 amide bonds. The lowest BCUT2D eigenvalue weighted by molar-refractivity contribution is -0.137. The van der Waals surface area contributed by atoms with Crippen LogP contribution in [0.25, 0.3) is 10.9 Å². The maximum atomic E-state index is 12.9. The van der Waals surface area contributed by atoms with Crippen molar-refractivity contribution < 1.29 is 13.2 Å². The molecule has 0 bridgehead atoms. The van der Waals surface area contributed by atoms with Gasteiger partial charge in [-0.1, -0.05) is 18.2 Å². The van der Waals surface area contributed by atoms with Gasteiger partial charge in [0.15, 0.2) is 0 Å². The maximum absolute atomic E-state index is 12.9. The zero-order chi connectivity index (χ0) is 19.7. The molecule has 0 aliphatic carbocycles. The summed E-state index contributed by atoms with van der Waals surface area (Å²) in [7, 11) is 0. The largest absolute Gasteiger partial charge is 0.416 e. The number of pyridine rings is 1. The van der Waals surface area contributed by atoms with E-state index < -0.39 is 11.7 Å². The lowest BCUT2D eigenvalue weighted by Gasteiger charge is -2.20. The van der Waals surface area contributed by atoms with Crippen molar-refractivity contribution in [2.24, 2.45) is 0 Å². The van der Waals surface area contributed by atoms with Crippen LogP contribution in [-0.4, -0.2) is 18.1 Å². The first-order valence-electron chi connectivity index (χ1n) is 9.46. The summed E-state index contributed by atoms with van der Waals surface area (Å²) in [4.78, 5) is 7.07. The molecule has 1 aliphatic heterocycles. The Morgan fingerprint density at radius 3 is 2.57 bits per heavy atom. The number of aromatic nitrogens is 1. The minimum absolute atomic E-state index is 0.436. The molecule has 0 unspecified atom stereocenters. The number of nitrogens with one attached hydrogen (secondary N) is 1. The molecule has 3 aromatic rings. The highest BCUT2D eigenvalue weighted by atomic mass is 19.4. The molecule has 0 spiro atoms. The first-order valence-corrected chi connectivity index (χ1v) is 9.46. The highest BCUT2D eigenvalue weighted by molar-refractivity contribution is 5.92. The number of nitrogens with zero attached hydrogens (tertiary/aromatic N) is 2. The molecule has 1 aromatic heterocycles. The average molecular weight is 385 g/mol. The van der Waals surface area contributed by atoms with E-state index in [1.165, 1.54) is 24.6 Å². The number of aryl methyl sites for hydroxylation is 1. The standard InChI is InChI=1S/C22H22F3N3/c1-15-11-21(28-9-2-3-10-28)19-8-7-16(12-20(19)27-15)14-26-18-6-4-5-17(13-18)22(23,24)25/h4-8,11-13,26H,2-3,9-10,14H2,1H3. The molecule has 1 aliphatic rings. The first-order chi connectivity index (χ1) is 13.4. The van der Waals surface area contributed by atoms with Crippen molar-refractivity contribution in [1.82, 2.24) is 4.98 Å². The molecule has 0 saturated carbocycles. The Morgan fingerprint density at radius 2 is 1.82 bits per heavy atom. The number of rotatable bonds is 4. The Kier molecular flexibility index (Phi) is 4.87. The number of benzene rings is 2. The smallest absolute Gasteiger partial charge is 0.381 e. The van der Waals surface area contributed by atoms with E-state index >= 15 is 0 Å². The fraction of sp³-hybridized carbons (Fsp3) is 0.318. The van der Waals surface area contributed by atoms with E-state index in [-0.39, 0.29) is 0 Å². The Labute approximate surface area is 162 Å². The van der Waals surface area contributed by atoms with Crippen molar-refractivity contribution in [3.05, 3.63) is 65.4 Å². The predicted octanol–water partition coefficient (Wildman–Crippen LogP) is 5.77. The minimum atomic E-state index is -4.34. The molecule has 2 heterocycles. The molecular formula is C22H22F3N3. The molecule has 1 N–H and O–H groups in total. The highest BCUT2D eigenvalue weighted by Crippen LogP contribution is 2.32. The molecular weight excluding hydrogens is 363 g/mol. The van der Waals surface area contributed by atoms with Gasteiger partial charge in [0.05, 0.1) is 11.1 Å². The Hall–Kier alpha value is -2.76. The zero-order valence-corrected chi connectivity index (χ0v) is 15.7.